The monoisotopic (exact) mass is 602 g/mol. The van der Waals surface area contributed by atoms with E-state index in [1.807, 2.05) is 42.5 Å². The van der Waals surface area contributed by atoms with Crippen molar-refractivity contribution in [2.24, 2.45) is 29.1 Å². The maximum atomic E-state index is 13.9. The standard InChI is InChI=1S/C36H50N4O4/c1-5-29-32(21-41)44-40(33(29)35(43)39-31-18-27-17-30(22(31)2)36(27,3)4)20-23-9-6-10-24(15-23)25-11-7-12-26(16-25)34(42)38-19-28-13-8-14-37-28/h6-7,9-12,15-16,22,27-33,37,41H,5,8,13-14,17-21H2,1-4H3,(H,38,42)(H,39,43)/t22-,27+,28-,29+,30-,31-,32-,33-/m0/s1. The van der Waals surface area contributed by atoms with Crippen molar-refractivity contribution in [3.05, 3.63) is 59.7 Å². The highest BCUT2D eigenvalue weighted by Gasteiger charge is 2.57. The van der Waals surface area contributed by atoms with Gasteiger partial charge >= 0.3 is 0 Å². The van der Waals surface area contributed by atoms with Gasteiger partial charge in [-0.15, -0.1) is 0 Å². The third kappa shape index (κ3) is 6.06. The molecule has 3 saturated carbocycles. The molecule has 0 unspecified atom stereocenters. The molecule has 2 aliphatic heterocycles. The van der Waals surface area contributed by atoms with Crippen molar-refractivity contribution in [2.45, 2.75) is 90.6 Å². The van der Waals surface area contributed by atoms with Gasteiger partial charge in [0.2, 0.25) is 5.91 Å². The molecule has 7 rings (SSSR count). The maximum absolute atomic E-state index is 13.9. The molecule has 2 amide bonds. The fourth-order valence-electron chi connectivity index (χ4n) is 8.58. The number of hydroxylamine groups is 2. The van der Waals surface area contributed by atoms with Crippen LogP contribution in [0.1, 0.15) is 75.7 Å². The predicted octanol–water partition coefficient (Wildman–Crippen LogP) is 4.53. The van der Waals surface area contributed by atoms with Gasteiger partial charge in [-0.1, -0.05) is 58.0 Å². The van der Waals surface area contributed by atoms with E-state index in [0.29, 0.717) is 47.9 Å². The molecular weight excluding hydrogens is 552 g/mol. The Morgan fingerprint density at radius 2 is 1.89 bits per heavy atom. The van der Waals surface area contributed by atoms with E-state index in [9.17, 15) is 14.7 Å². The quantitative estimate of drug-likeness (QED) is 0.319. The number of hydrogen-bond donors (Lipinski definition) is 4. The lowest BCUT2D eigenvalue weighted by Gasteiger charge is -2.62. The fourth-order valence-corrected chi connectivity index (χ4v) is 8.58. The summed E-state index contributed by atoms with van der Waals surface area (Å²) in [5.41, 5.74) is 3.96. The van der Waals surface area contributed by atoms with Crippen LogP contribution < -0.4 is 16.0 Å². The Morgan fingerprint density at radius 1 is 1.11 bits per heavy atom. The average molecular weight is 603 g/mol. The van der Waals surface area contributed by atoms with E-state index >= 15 is 0 Å². The third-order valence-corrected chi connectivity index (χ3v) is 11.5. The average Bonchev–Trinajstić information content (AvgIpc) is 3.68. The van der Waals surface area contributed by atoms with E-state index in [2.05, 4.69) is 49.7 Å². The van der Waals surface area contributed by atoms with Crippen molar-refractivity contribution in [1.29, 1.82) is 0 Å². The maximum Gasteiger partial charge on any atom is 0.251 e. The van der Waals surface area contributed by atoms with Gasteiger partial charge in [-0.3, -0.25) is 14.4 Å². The Bertz CT molecular complexity index is 1340. The number of carbonyl (C=O) groups is 2. The third-order valence-electron chi connectivity index (χ3n) is 11.5. The van der Waals surface area contributed by atoms with Crippen molar-refractivity contribution < 1.29 is 19.5 Å². The van der Waals surface area contributed by atoms with Gasteiger partial charge in [-0.25, -0.2) is 0 Å². The number of nitrogens with zero attached hydrogens (tertiary/aromatic N) is 1. The Kier molecular flexibility index (Phi) is 9.16. The van der Waals surface area contributed by atoms with Crippen LogP contribution in [0, 0.1) is 29.1 Å². The summed E-state index contributed by atoms with van der Waals surface area (Å²) in [6.07, 6.45) is 4.87. The molecule has 0 aromatic heterocycles. The highest BCUT2D eigenvalue weighted by atomic mass is 16.7. The summed E-state index contributed by atoms with van der Waals surface area (Å²) in [6.45, 7) is 11.1. The number of aliphatic hydroxyl groups excluding tert-OH is 1. The highest BCUT2D eigenvalue weighted by molar-refractivity contribution is 5.95. The van der Waals surface area contributed by atoms with Crippen LogP contribution in [-0.4, -0.2) is 65.9 Å². The van der Waals surface area contributed by atoms with E-state index < -0.39 is 12.1 Å². The first-order valence-corrected chi connectivity index (χ1v) is 16.7. The molecule has 5 aliphatic rings. The molecule has 8 nitrogen and oxygen atoms in total. The molecule has 44 heavy (non-hydrogen) atoms. The number of benzene rings is 2. The molecule has 8 heteroatoms. The van der Waals surface area contributed by atoms with Crippen molar-refractivity contribution in [2.75, 3.05) is 19.7 Å². The first kappa shape index (κ1) is 31.2. The Balaban J connectivity index is 1.15. The lowest BCUT2D eigenvalue weighted by molar-refractivity contribution is -0.183. The second kappa shape index (κ2) is 12.9. The molecule has 2 aromatic rings. The van der Waals surface area contributed by atoms with Gasteiger partial charge in [-0.05, 0) is 96.7 Å². The number of aliphatic hydroxyl groups is 1. The zero-order chi connectivity index (χ0) is 31.0. The molecule has 2 saturated heterocycles. The molecule has 0 radical (unpaired) electrons. The fraction of sp³-hybridized carbons (Fsp3) is 0.611. The lowest BCUT2D eigenvalue weighted by Crippen LogP contribution is -2.62. The lowest BCUT2D eigenvalue weighted by atomic mass is 9.45. The van der Waals surface area contributed by atoms with Crippen LogP contribution in [0.5, 0.6) is 0 Å². The number of nitrogens with one attached hydrogen (secondary N) is 3. The normalized spacial score (nSPS) is 32.7. The van der Waals surface area contributed by atoms with E-state index in [1.165, 1.54) is 6.42 Å². The molecule has 8 atom stereocenters. The zero-order valence-corrected chi connectivity index (χ0v) is 26.7. The Hall–Kier alpha value is -2.78. The Labute approximate surface area is 262 Å². The van der Waals surface area contributed by atoms with Gasteiger partial charge in [0.05, 0.1) is 13.2 Å². The van der Waals surface area contributed by atoms with Gasteiger partial charge in [0, 0.05) is 30.1 Å². The molecule has 2 aromatic carbocycles. The van der Waals surface area contributed by atoms with Crippen molar-refractivity contribution in [3.8, 4) is 11.1 Å². The van der Waals surface area contributed by atoms with Crippen LogP contribution in [0.4, 0.5) is 0 Å². The van der Waals surface area contributed by atoms with Crippen molar-refractivity contribution >= 4 is 11.8 Å². The summed E-state index contributed by atoms with van der Waals surface area (Å²) in [5, 5.41) is 21.9. The molecule has 2 heterocycles. The van der Waals surface area contributed by atoms with Gasteiger partial charge in [-0.2, -0.15) is 5.06 Å². The summed E-state index contributed by atoms with van der Waals surface area (Å²) >= 11 is 0. The number of amides is 2. The first-order valence-electron chi connectivity index (χ1n) is 16.7. The van der Waals surface area contributed by atoms with Crippen molar-refractivity contribution in [3.63, 3.8) is 0 Å². The molecule has 238 valence electrons. The van der Waals surface area contributed by atoms with E-state index in [4.69, 9.17) is 4.84 Å². The topological polar surface area (TPSA) is 103 Å². The van der Waals surface area contributed by atoms with Gasteiger partial charge in [0.1, 0.15) is 12.1 Å². The second-order valence-corrected chi connectivity index (χ2v) is 14.3. The number of hydrogen-bond acceptors (Lipinski definition) is 6. The molecule has 2 bridgehead atoms. The largest absolute Gasteiger partial charge is 0.394 e. The van der Waals surface area contributed by atoms with Gasteiger partial charge < -0.3 is 21.1 Å². The highest BCUT2D eigenvalue weighted by Crippen LogP contribution is 2.61. The molecular formula is C36H50N4O4. The van der Waals surface area contributed by atoms with Crippen LogP contribution in [0.2, 0.25) is 0 Å². The smallest absolute Gasteiger partial charge is 0.251 e. The summed E-state index contributed by atoms with van der Waals surface area (Å²) in [4.78, 5) is 33.1. The molecule has 0 spiro atoms. The van der Waals surface area contributed by atoms with Crippen LogP contribution >= 0.6 is 0 Å². The van der Waals surface area contributed by atoms with E-state index in [-0.39, 0.29) is 30.4 Å². The minimum absolute atomic E-state index is 0.00595. The summed E-state index contributed by atoms with van der Waals surface area (Å²) in [7, 11) is 0. The number of fused-ring (bicyclic) bond motifs is 2. The summed E-state index contributed by atoms with van der Waals surface area (Å²) < 4.78 is 0. The van der Waals surface area contributed by atoms with E-state index in [1.54, 1.807) is 5.06 Å². The van der Waals surface area contributed by atoms with Gasteiger partial charge in [0.15, 0.2) is 0 Å². The SMILES string of the molecule is CC[C@@H]1[C@H](CO)ON(Cc2cccc(-c3cccc(C(=O)NC[C@@H]4CCCN4)c3)c2)[C@@H]1C(=O)N[C@H]1C[C@H]2C[C@@H]([C@@H]1C)C2(C)C. The molecule has 5 fully saturated rings. The Morgan fingerprint density at radius 3 is 2.57 bits per heavy atom. The molecule has 4 N–H and O–H groups in total. The van der Waals surface area contributed by atoms with Gasteiger partial charge in [0.25, 0.3) is 5.91 Å². The zero-order valence-electron chi connectivity index (χ0n) is 26.7. The predicted molar refractivity (Wildman–Crippen MR) is 171 cm³/mol. The van der Waals surface area contributed by atoms with Crippen LogP contribution in [0.25, 0.3) is 11.1 Å². The van der Waals surface area contributed by atoms with Crippen LogP contribution in [0.3, 0.4) is 0 Å². The number of rotatable bonds is 10. The van der Waals surface area contributed by atoms with Crippen LogP contribution in [-0.2, 0) is 16.2 Å². The first-order chi connectivity index (χ1) is 21.2. The summed E-state index contributed by atoms with van der Waals surface area (Å²) in [5.74, 6) is 1.59. The number of carbonyl (C=O) groups excluding carboxylic acids is 2. The van der Waals surface area contributed by atoms with Crippen LogP contribution in [0.15, 0.2) is 48.5 Å². The second-order valence-electron chi connectivity index (χ2n) is 14.3. The minimum atomic E-state index is -0.472. The van der Waals surface area contributed by atoms with E-state index in [0.717, 1.165) is 48.9 Å². The minimum Gasteiger partial charge on any atom is -0.394 e. The molecule has 3 aliphatic carbocycles. The summed E-state index contributed by atoms with van der Waals surface area (Å²) in [6, 6.07) is 16.0. The van der Waals surface area contributed by atoms with Crippen molar-refractivity contribution in [1.82, 2.24) is 21.0 Å².